The van der Waals surface area contributed by atoms with Crippen LogP contribution in [-0.2, 0) is 16.6 Å². The van der Waals surface area contributed by atoms with E-state index in [4.69, 9.17) is 0 Å². The number of anilines is 1. The van der Waals surface area contributed by atoms with Gasteiger partial charge in [-0.3, -0.25) is 5.32 Å². The van der Waals surface area contributed by atoms with E-state index in [0.29, 0.717) is 17.9 Å². The molecule has 0 spiro atoms. The number of carbonyl (C=O) groups excluding carboxylic acids is 1. The number of imidazole rings is 1. The maximum Gasteiger partial charge on any atom is 0.335 e. The van der Waals surface area contributed by atoms with Crippen molar-refractivity contribution < 1.29 is 13.2 Å². The molecule has 0 aliphatic heterocycles. The molecule has 2 rings (SSSR count). The zero-order valence-electron chi connectivity index (χ0n) is 12.4. The lowest BCUT2D eigenvalue weighted by Crippen LogP contribution is -2.36. The zero-order chi connectivity index (χ0) is 16.3. The van der Waals surface area contributed by atoms with Crippen molar-refractivity contribution in [3.8, 4) is 0 Å². The third-order valence-corrected chi connectivity index (χ3v) is 3.97. The number of rotatable bonds is 4. The van der Waals surface area contributed by atoms with E-state index in [1.807, 2.05) is 4.72 Å². The van der Waals surface area contributed by atoms with E-state index in [9.17, 15) is 13.2 Å². The lowest BCUT2D eigenvalue weighted by atomic mass is 10.4. The predicted octanol–water partition coefficient (Wildman–Crippen LogP) is 0.820. The molecule has 0 saturated carbocycles. The van der Waals surface area contributed by atoms with Crippen LogP contribution in [0.4, 0.5) is 10.7 Å². The molecule has 0 saturated heterocycles. The van der Waals surface area contributed by atoms with E-state index < -0.39 is 16.1 Å². The second-order valence-electron chi connectivity index (χ2n) is 4.53. The van der Waals surface area contributed by atoms with E-state index in [-0.39, 0.29) is 11.1 Å². The summed E-state index contributed by atoms with van der Waals surface area (Å²) < 4.78 is 27.5. The molecule has 0 atom stereocenters. The van der Waals surface area contributed by atoms with Crippen molar-refractivity contribution in [2.75, 3.05) is 5.32 Å². The fourth-order valence-electron chi connectivity index (χ4n) is 1.86. The predicted molar refractivity (Wildman–Crippen MR) is 78.7 cm³/mol. The van der Waals surface area contributed by atoms with Gasteiger partial charge in [0, 0.05) is 30.3 Å². The van der Waals surface area contributed by atoms with Crippen LogP contribution >= 0.6 is 0 Å². The average molecular weight is 324 g/mol. The van der Waals surface area contributed by atoms with Crippen LogP contribution in [0.25, 0.3) is 0 Å². The van der Waals surface area contributed by atoms with E-state index in [1.54, 1.807) is 26.8 Å². The van der Waals surface area contributed by atoms with E-state index in [1.165, 1.54) is 17.0 Å². The number of nitrogens with zero attached hydrogens (tertiary/aromatic N) is 4. The van der Waals surface area contributed by atoms with Crippen molar-refractivity contribution in [2.45, 2.75) is 32.5 Å². The highest BCUT2D eigenvalue weighted by Crippen LogP contribution is 2.07. The van der Waals surface area contributed by atoms with Crippen molar-refractivity contribution in [2.24, 2.45) is 0 Å². The molecule has 0 bridgehead atoms. The highest BCUT2D eigenvalue weighted by molar-refractivity contribution is 7.89. The molecule has 2 aromatic rings. The standard InChI is InChI=1S/C12H16N6O3S/c1-4-18-6-5-13-12(18)22(20,21)17-11(19)16-10-14-8(2)7-9(3)15-10/h5-7H,4H2,1-3H3,(H2,14,15,16,17,19). The minimum atomic E-state index is -4.07. The number of hydrogen-bond donors (Lipinski definition) is 2. The number of carbonyl (C=O) groups is 1. The Morgan fingerprint density at radius 3 is 2.50 bits per heavy atom. The van der Waals surface area contributed by atoms with Gasteiger partial charge < -0.3 is 4.57 Å². The molecule has 0 radical (unpaired) electrons. The van der Waals surface area contributed by atoms with Crippen molar-refractivity contribution >= 4 is 22.0 Å². The number of nitrogens with one attached hydrogen (secondary N) is 2. The first-order chi connectivity index (χ1) is 10.3. The van der Waals surface area contributed by atoms with Crippen molar-refractivity contribution in [1.82, 2.24) is 24.2 Å². The molecule has 10 heteroatoms. The summed E-state index contributed by atoms with van der Waals surface area (Å²) in [5, 5.41) is 2.06. The topological polar surface area (TPSA) is 119 Å². The molecule has 0 fully saturated rings. The second kappa shape index (κ2) is 6.10. The largest absolute Gasteiger partial charge is 0.335 e. The maximum absolute atomic E-state index is 12.1. The summed E-state index contributed by atoms with van der Waals surface area (Å²) in [6.07, 6.45) is 2.86. The summed E-state index contributed by atoms with van der Waals surface area (Å²) in [7, 11) is -4.07. The fourth-order valence-corrected chi connectivity index (χ4v) is 2.94. The van der Waals surface area contributed by atoms with Gasteiger partial charge in [0.05, 0.1) is 0 Å². The van der Waals surface area contributed by atoms with Gasteiger partial charge in [0.15, 0.2) is 0 Å². The molecule has 0 aromatic carbocycles. The van der Waals surface area contributed by atoms with E-state index in [2.05, 4.69) is 20.3 Å². The van der Waals surface area contributed by atoms with Gasteiger partial charge in [0.1, 0.15) is 0 Å². The Balaban J connectivity index is 2.14. The molecule has 2 amide bonds. The number of amides is 2. The van der Waals surface area contributed by atoms with Gasteiger partial charge in [-0.1, -0.05) is 0 Å². The van der Waals surface area contributed by atoms with Gasteiger partial charge in [0.25, 0.3) is 10.0 Å². The zero-order valence-corrected chi connectivity index (χ0v) is 13.2. The Bertz CT molecular complexity index is 779. The summed E-state index contributed by atoms with van der Waals surface area (Å²) >= 11 is 0. The molecule has 22 heavy (non-hydrogen) atoms. The quantitative estimate of drug-likeness (QED) is 0.859. The van der Waals surface area contributed by atoms with Crippen LogP contribution in [0.1, 0.15) is 18.3 Å². The first kappa shape index (κ1) is 15.9. The van der Waals surface area contributed by atoms with Gasteiger partial charge >= 0.3 is 6.03 Å². The van der Waals surface area contributed by atoms with Crippen molar-refractivity contribution in [1.29, 1.82) is 0 Å². The number of aromatic nitrogens is 4. The van der Waals surface area contributed by atoms with Crippen LogP contribution in [-0.4, -0.2) is 34.0 Å². The van der Waals surface area contributed by atoms with Gasteiger partial charge in [-0.15, -0.1) is 0 Å². The first-order valence-corrected chi connectivity index (χ1v) is 7.97. The van der Waals surface area contributed by atoms with E-state index >= 15 is 0 Å². The third kappa shape index (κ3) is 3.58. The van der Waals surface area contributed by atoms with Gasteiger partial charge in [0.2, 0.25) is 11.1 Å². The molecule has 118 valence electrons. The van der Waals surface area contributed by atoms with Gasteiger partial charge in [-0.05, 0) is 26.8 Å². The number of aryl methyl sites for hydroxylation is 3. The van der Waals surface area contributed by atoms with Crippen LogP contribution in [0.15, 0.2) is 23.6 Å². The van der Waals surface area contributed by atoms with Crippen LogP contribution in [0, 0.1) is 13.8 Å². The van der Waals surface area contributed by atoms with Crippen LogP contribution in [0.5, 0.6) is 0 Å². The summed E-state index contributed by atoms with van der Waals surface area (Å²) in [6.45, 7) is 5.67. The lowest BCUT2D eigenvalue weighted by molar-refractivity contribution is 0.256. The van der Waals surface area contributed by atoms with Gasteiger partial charge in [-0.25, -0.2) is 24.5 Å². The monoisotopic (exact) mass is 324 g/mol. The molecule has 0 unspecified atom stereocenters. The Hall–Kier alpha value is -2.49. The summed E-state index contributed by atoms with van der Waals surface area (Å²) in [5.41, 5.74) is 1.32. The minimum Gasteiger partial charge on any atom is -0.321 e. The average Bonchev–Trinajstić information content (AvgIpc) is 2.85. The Labute approximate surface area is 127 Å². The summed E-state index contributed by atoms with van der Waals surface area (Å²) in [4.78, 5) is 23.6. The highest BCUT2D eigenvalue weighted by Gasteiger charge is 2.23. The SMILES string of the molecule is CCn1ccnc1S(=O)(=O)NC(=O)Nc1nc(C)cc(C)n1. The molecule has 0 aliphatic rings. The molecule has 2 aromatic heterocycles. The number of sulfonamides is 1. The normalized spacial score (nSPS) is 11.2. The molecule has 2 N–H and O–H groups in total. The Kier molecular flexibility index (Phi) is 4.40. The Morgan fingerprint density at radius 2 is 1.91 bits per heavy atom. The summed E-state index contributed by atoms with van der Waals surface area (Å²) in [6, 6.07) is 0.786. The van der Waals surface area contributed by atoms with Crippen LogP contribution in [0.3, 0.4) is 0 Å². The smallest absolute Gasteiger partial charge is 0.321 e. The molecular weight excluding hydrogens is 308 g/mol. The fraction of sp³-hybridized carbons (Fsp3) is 0.333. The molecule has 0 aliphatic carbocycles. The highest BCUT2D eigenvalue weighted by atomic mass is 32.2. The van der Waals surface area contributed by atoms with Gasteiger partial charge in [-0.2, -0.15) is 8.42 Å². The molecular formula is C12H16N6O3S. The minimum absolute atomic E-state index is 0.0315. The van der Waals surface area contributed by atoms with E-state index in [0.717, 1.165) is 0 Å². The lowest BCUT2D eigenvalue weighted by Gasteiger charge is -2.09. The molecule has 2 heterocycles. The first-order valence-electron chi connectivity index (χ1n) is 6.49. The van der Waals surface area contributed by atoms with Crippen LogP contribution in [0.2, 0.25) is 0 Å². The summed E-state index contributed by atoms with van der Waals surface area (Å²) in [5.74, 6) is 0.0315. The second-order valence-corrected chi connectivity index (χ2v) is 6.11. The number of hydrogen-bond acceptors (Lipinski definition) is 6. The Morgan fingerprint density at radius 1 is 1.27 bits per heavy atom. The van der Waals surface area contributed by atoms with Crippen molar-refractivity contribution in [3.05, 3.63) is 29.8 Å². The van der Waals surface area contributed by atoms with Crippen molar-refractivity contribution in [3.63, 3.8) is 0 Å². The third-order valence-electron chi connectivity index (χ3n) is 2.69. The van der Waals surface area contributed by atoms with Crippen LogP contribution < -0.4 is 10.0 Å². The maximum atomic E-state index is 12.1. The number of urea groups is 1. The molecule has 9 nitrogen and oxygen atoms in total.